The topological polar surface area (TPSA) is 109 Å². The van der Waals surface area contributed by atoms with E-state index in [1.54, 1.807) is 0 Å². The zero-order valence-corrected chi connectivity index (χ0v) is 16.4. The van der Waals surface area contributed by atoms with Gasteiger partial charge in [0.2, 0.25) is 0 Å². The van der Waals surface area contributed by atoms with Crippen LogP contribution in [0.15, 0.2) is 29.3 Å². The van der Waals surface area contributed by atoms with Gasteiger partial charge in [0.15, 0.2) is 0 Å². The molecule has 7 nitrogen and oxygen atoms in total. The van der Waals surface area contributed by atoms with E-state index in [2.05, 4.69) is 0 Å². The lowest BCUT2D eigenvalue weighted by atomic mass is 10.1. The van der Waals surface area contributed by atoms with Crippen molar-refractivity contribution in [3.05, 3.63) is 46.5 Å². The van der Waals surface area contributed by atoms with Gasteiger partial charge in [-0.3, -0.25) is 4.79 Å². The third-order valence-corrected chi connectivity index (χ3v) is 6.33. The molecule has 1 amide bonds. The van der Waals surface area contributed by atoms with E-state index < -0.39 is 60.8 Å². The van der Waals surface area contributed by atoms with E-state index in [-0.39, 0.29) is 11.2 Å². The van der Waals surface area contributed by atoms with Gasteiger partial charge < -0.3 is 10.3 Å². The lowest BCUT2D eigenvalue weighted by Gasteiger charge is -2.35. The van der Waals surface area contributed by atoms with Crippen molar-refractivity contribution < 1.29 is 30.8 Å². The number of hydrogen-bond acceptors (Lipinski definition) is 4. The predicted octanol–water partition coefficient (Wildman–Crippen LogP) is 2.93. The van der Waals surface area contributed by atoms with Crippen LogP contribution in [0, 0.1) is 17.1 Å². The van der Waals surface area contributed by atoms with E-state index in [9.17, 15) is 26.4 Å². The Bertz CT molecular complexity index is 1130. The Labute approximate surface area is 167 Å². The molecule has 0 fully saturated rings. The molecule has 1 aromatic carbocycles. The van der Waals surface area contributed by atoms with Crippen molar-refractivity contribution in [1.82, 2.24) is 4.57 Å². The molecule has 0 radical (unpaired) electrons. The number of nitrogens with zero attached hydrogens (tertiary/aromatic N) is 3. The second kappa shape index (κ2) is 7.57. The molecule has 1 atom stereocenters. The first-order chi connectivity index (χ1) is 13.3. The fraction of sp³-hybridized carbons (Fsp3) is 0.250. The van der Waals surface area contributed by atoms with Crippen LogP contribution < -0.4 is 10.0 Å². The Hall–Kier alpha value is -2.78. The van der Waals surface area contributed by atoms with E-state index in [1.165, 1.54) is 13.1 Å². The van der Waals surface area contributed by atoms with Crippen molar-refractivity contribution in [3.8, 4) is 6.07 Å². The molecule has 0 saturated carbocycles. The van der Waals surface area contributed by atoms with Crippen molar-refractivity contribution in [2.24, 2.45) is 12.8 Å². The molecule has 2 aromatic rings. The molecule has 0 aliphatic carbocycles. The van der Waals surface area contributed by atoms with Gasteiger partial charge in [-0.1, -0.05) is 11.6 Å². The summed E-state index contributed by atoms with van der Waals surface area (Å²) in [7, 11) is -4.02. The molecular formula is C16H13ClF4N4O3S. The summed E-state index contributed by atoms with van der Waals surface area (Å²) in [4.78, 5) is 10.6. The van der Waals surface area contributed by atoms with Crippen LogP contribution in [-0.4, -0.2) is 31.1 Å². The van der Waals surface area contributed by atoms with Gasteiger partial charge >= 0.3 is 0 Å². The monoisotopic (exact) mass is 452 g/mol. The normalized spacial score (nSPS) is 13.8. The van der Waals surface area contributed by atoms with Crippen LogP contribution in [0.3, 0.4) is 0 Å². The number of sulfonamides is 1. The highest BCUT2D eigenvalue weighted by molar-refractivity contribution is 7.93. The number of carbonyl (C=O) groups excluding carboxylic acids is 1. The standard InChI is InChI=1S/C16H13ClF4N4O3S/c1-16(21,15(19)20)25(10-4-3-9(18)5-8(10)6-22)29(27,28)11-7-24(2)13(12(11)17)14(23)26/h3-5,7,15H,1-2H3,(H2,23,26)/t16-/m0/s1. The molecule has 0 aliphatic heterocycles. The smallest absolute Gasteiger partial charge is 0.291 e. The number of nitrogens with two attached hydrogens (primary N) is 1. The Morgan fingerprint density at radius 2 is 2.00 bits per heavy atom. The molecule has 1 heterocycles. The number of primary amides is 1. The van der Waals surface area contributed by atoms with Crippen LogP contribution >= 0.6 is 11.6 Å². The third-order valence-electron chi connectivity index (χ3n) is 3.93. The lowest BCUT2D eigenvalue weighted by Crippen LogP contribution is -2.52. The second-order valence-electron chi connectivity index (χ2n) is 6.00. The molecule has 0 spiro atoms. The summed E-state index contributed by atoms with van der Waals surface area (Å²) < 4.78 is 82.2. The number of benzene rings is 1. The minimum Gasteiger partial charge on any atom is -0.364 e. The molecule has 0 bridgehead atoms. The van der Waals surface area contributed by atoms with Crippen molar-refractivity contribution >= 4 is 33.2 Å². The third kappa shape index (κ3) is 3.75. The quantitative estimate of drug-likeness (QED) is 0.536. The molecular weight excluding hydrogens is 440 g/mol. The van der Waals surface area contributed by atoms with Crippen molar-refractivity contribution in [3.63, 3.8) is 0 Å². The summed E-state index contributed by atoms with van der Waals surface area (Å²) in [6, 6.07) is 3.32. The minimum absolute atomic E-state index is 0.269. The summed E-state index contributed by atoms with van der Waals surface area (Å²) in [6.45, 7) is 0.269. The Balaban J connectivity index is 2.89. The maximum atomic E-state index is 15.0. The van der Waals surface area contributed by atoms with Crippen molar-refractivity contribution in [2.75, 3.05) is 4.31 Å². The molecule has 1 aromatic heterocycles. The zero-order chi connectivity index (χ0) is 22.3. The number of rotatable bonds is 6. The number of aromatic nitrogens is 1. The van der Waals surface area contributed by atoms with Crippen LogP contribution in [0.25, 0.3) is 0 Å². The van der Waals surface area contributed by atoms with Crippen LogP contribution in [0.5, 0.6) is 0 Å². The maximum absolute atomic E-state index is 15.0. The Morgan fingerprint density at radius 3 is 2.45 bits per heavy atom. The van der Waals surface area contributed by atoms with Crippen LogP contribution in [0.1, 0.15) is 23.0 Å². The first-order valence-electron chi connectivity index (χ1n) is 7.63. The molecule has 29 heavy (non-hydrogen) atoms. The Kier molecular flexibility index (Phi) is 5.87. The van der Waals surface area contributed by atoms with Gasteiger partial charge in [0, 0.05) is 13.2 Å². The van der Waals surface area contributed by atoms with Crippen molar-refractivity contribution in [1.29, 1.82) is 5.26 Å². The minimum atomic E-state index is -5.22. The van der Waals surface area contributed by atoms with Gasteiger partial charge in [0.25, 0.3) is 28.1 Å². The van der Waals surface area contributed by atoms with Crippen LogP contribution in [0.4, 0.5) is 23.2 Å². The predicted molar refractivity (Wildman–Crippen MR) is 95.2 cm³/mol. The summed E-state index contributed by atoms with van der Waals surface area (Å²) in [5.74, 6) is -5.97. The fourth-order valence-electron chi connectivity index (χ4n) is 2.59. The van der Waals surface area contributed by atoms with Crippen LogP contribution in [0.2, 0.25) is 5.02 Å². The molecule has 0 aliphatic rings. The molecule has 2 rings (SSSR count). The first kappa shape index (κ1) is 22.5. The largest absolute Gasteiger partial charge is 0.364 e. The average molecular weight is 453 g/mol. The van der Waals surface area contributed by atoms with Crippen molar-refractivity contribution in [2.45, 2.75) is 24.0 Å². The van der Waals surface area contributed by atoms with E-state index in [0.717, 1.165) is 10.8 Å². The van der Waals surface area contributed by atoms with Gasteiger partial charge in [-0.15, -0.1) is 0 Å². The first-order valence-corrected chi connectivity index (χ1v) is 9.45. The average Bonchev–Trinajstić information content (AvgIpc) is 2.91. The number of carbonyl (C=O) groups is 1. The lowest BCUT2D eigenvalue weighted by molar-refractivity contribution is -0.0135. The SMILES string of the molecule is Cn1cc(S(=O)(=O)N(c2ccc(F)cc2C#N)[C@](C)(F)C(F)F)c(Cl)c1C(N)=O. The molecule has 0 saturated heterocycles. The Morgan fingerprint density at radius 1 is 1.41 bits per heavy atom. The van der Waals surface area contributed by atoms with Crippen LogP contribution in [-0.2, 0) is 17.1 Å². The zero-order valence-electron chi connectivity index (χ0n) is 14.8. The maximum Gasteiger partial charge on any atom is 0.291 e. The highest BCUT2D eigenvalue weighted by Gasteiger charge is 2.50. The second-order valence-corrected chi connectivity index (χ2v) is 8.13. The van der Waals surface area contributed by atoms with E-state index >= 15 is 4.39 Å². The van der Waals surface area contributed by atoms with Gasteiger partial charge in [-0.2, -0.15) is 5.26 Å². The van der Waals surface area contributed by atoms with Gasteiger partial charge in [0.1, 0.15) is 22.5 Å². The molecule has 0 unspecified atom stereocenters. The number of aryl methyl sites for hydroxylation is 1. The van der Waals surface area contributed by atoms with E-state index in [1.807, 2.05) is 0 Å². The highest BCUT2D eigenvalue weighted by Crippen LogP contribution is 2.40. The number of halogens is 5. The molecule has 156 valence electrons. The number of amides is 1. The summed E-state index contributed by atoms with van der Waals surface area (Å²) >= 11 is 5.91. The molecule has 2 N–H and O–H groups in total. The highest BCUT2D eigenvalue weighted by atomic mass is 35.5. The summed E-state index contributed by atoms with van der Waals surface area (Å²) in [5.41, 5.74) is 3.08. The molecule has 13 heteroatoms. The number of nitriles is 1. The number of alkyl halides is 3. The number of anilines is 1. The van der Waals surface area contributed by atoms with Gasteiger partial charge in [-0.05, 0) is 25.1 Å². The van der Waals surface area contributed by atoms with E-state index in [0.29, 0.717) is 18.2 Å². The summed E-state index contributed by atoms with van der Waals surface area (Å²) in [5, 5.41) is 8.44. The van der Waals surface area contributed by atoms with Gasteiger partial charge in [-0.25, -0.2) is 30.3 Å². The van der Waals surface area contributed by atoms with E-state index in [4.69, 9.17) is 22.6 Å². The summed E-state index contributed by atoms with van der Waals surface area (Å²) in [6.07, 6.45) is -3.09. The number of hydrogen-bond donors (Lipinski definition) is 1. The van der Waals surface area contributed by atoms with Gasteiger partial charge in [0.05, 0.1) is 16.3 Å². The fourth-order valence-corrected chi connectivity index (χ4v) is 4.94.